The zero-order valence-corrected chi connectivity index (χ0v) is 13.9. The predicted octanol–water partition coefficient (Wildman–Crippen LogP) is 4.22. The maximum atomic E-state index is 12.0. The molecule has 0 heterocycles. The number of rotatable bonds is 6. The van der Waals surface area contributed by atoms with E-state index in [4.69, 9.17) is 11.6 Å². The van der Waals surface area contributed by atoms with Crippen molar-refractivity contribution in [3.05, 3.63) is 69.2 Å². The molecule has 1 amide bonds. The van der Waals surface area contributed by atoms with Gasteiger partial charge in [0.05, 0.1) is 16.7 Å². The lowest BCUT2D eigenvalue weighted by molar-refractivity contribution is -0.384. The van der Waals surface area contributed by atoms with Crippen LogP contribution in [0, 0.1) is 10.1 Å². The number of nitrogens with one attached hydrogen (secondary N) is 1. The van der Waals surface area contributed by atoms with Crippen molar-refractivity contribution in [1.82, 2.24) is 5.32 Å². The van der Waals surface area contributed by atoms with Crippen LogP contribution in [-0.4, -0.2) is 16.6 Å². The number of hydrogen-bond donors (Lipinski definition) is 1. The van der Waals surface area contributed by atoms with Crippen LogP contribution in [0.25, 0.3) is 0 Å². The summed E-state index contributed by atoms with van der Waals surface area (Å²) >= 11 is 7.43. The molecule has 0 radical (unpaired) electrons. The number of thioether (sulfide) groups is 1. The van der Waals surface area contributed by atoms with Crippen molar-refractivity contribution >= 4 is 35.0 Å². The summed E-state index contributed by atoms with van der Waals surface area (Å²) in [5.74, 6) is 0.104. The summed E-state index contributed by atoms with van der Waals surface area (Å²) in [6.45, 7) is 1.87. The van der Waals surface area contributed by atoms with Gasteiger partial charge < -0.3 is 5.32 Å². The highest BCUT2D eigenvalue weighted by Gasteiger charge is 2.12. The number of carbonyl (C=O) groups excluding carboxylic acids is 1. The van der Waals surface area contributed by atoms with Crippen molar-refractivity contribution in [3.8, 4) is 0 Å². The molecule has 0 aliphatic carbocycles. The van der Waals surface area contributed by atoms with Gasteiger partial charge in [-0.2, -0.15) is 0 Å². The lowest BCUT2D eigenvalue weighted by Gasteiger charge is -2.15. The maximum Gasteiger partial charge on any atom is 0.269 e. The number of nitrogens with zero attached hydrogens (tertiary/aromatic N) is 1. The molecule has 120 valence electrons. The first-order valence-electron chi connectivity index (χ1n) is 6.88. The van der Waals surface area contributed by atoms with E-state index in [1.807, 2.05) is 25.1 Å². The summed E-state index contributed by atoms with van der Waals surface area (Å²) in [5.41, 5.74) is 0.897. The summed E-state index contributed by atoms with van der Waals surface area (Å²) in [5, 5.41) is 14.1. The van der Waals surface area contributed by atoms with Gasteiger partial charge in [-0.1, -0.05) is 29.8 Å². The quantitative estimate of drug-likeness (QED) is 0.481. The fourth-order valence-electron chi connectivity index (χ4n) is 2.00. The maximum absolute atomic E-state index is 12.0. The van der Waals surface area contributed by atoms with Gasteiger partial charge in [-0.3, -0.25) is 14.9 Å². The highest BCUT2D eigenvalue weighted by Crippen LogP contribution is 2.23. The predicted molar refractivity (Wildman–Crippen MR) is 91.8 cm³/mol. The summed E-state index contributed by atoms with van der Waals surface area (Å²) in [6.07, 6.45) is 0. The van der Waals surface area contributed by atoms with E-state index in [1.54, 1.807) is 18.2 Å². The largest absolute Gasteiger partial charge is 0.349 e. The Bertz CT molecular complexity index is 707. The number of amides is 1. The smallest absolute Gasteiger partial charge is 0.269 e. The lowest BCUT2D eigenvalue weighted by Crippen LogP contribution is -2.28. The lowest BCUT2D eigenvalue weighted by atomic mass is 10.1. The second-order valence-corrected chi connectivity index (χ2v) is 6.31. The Kier molecular flexibility index (Phi) is 6.01. The molecule has 1 unspecified atom stereocenters. The Hall–Kier alpha value is -2.05. The van der Waals surface area contributed by atoms with E-state index in [2.05, 4.69) is 5.32 Å². The third kappa shape index (κ3) is 4.97. The highest BCUT2D eigenvalue weighted by atomic mass is 35.5. The van der Waals surface area contributed by atoms with E-state index < -0.39 is 4.92 Å². The van der Waals surface area contributed by atoms with E-state index in [0.29, 0.717) is 5.02 Å². The molecule has 0 aliphatic heterocycles. The van der Waals surface area contributed by atoms with E-state index in [0.717, 1.165) is 10.5 Å². The monoisotopic (exact) mass is 350 g/mol. The minimum atomic E-state index is -0.452. The first-order valence-corrected chi connectivity index (χ1v) is 8.25. The molecule has 2 aromatic carbocycles. The number of nitro benzene ring substituents is 1. The molecule has 1 N–H and O–H groups in total. The molecule has 0 saturated heterocycles. The minimum Gasteiger partial charge on any atom is -0.349 e. The standard InChI is InChI=1S/C16H15ClN2O3S/c1-11(14-4-2-3-5-15(14)17)18-16(20)10-23-13-8-6-12(7-9-13)19(21)22/h2-9,11H,10H2,1H3,(H,18,20). The molecule has 0 saturated carbocycles. The van der Waals surface area contributed by atoms with Gasteiger partial charge in [0.1, 0.15) is 0 Å². The summed E-state index contributed by atoms with van der Waals surface area (Å²) < 4.78 is 0. The Morgan fingerprint density at radius 3 is 2.52 bits per heavy atom. The van der Waals surface area contributed by atoms with Crippen LogP contribution < -0.4 is 5.32 Å². The van der Waals surface area contributed by atoms with Gasteiger partial charge in [-0.05, 0) is 30.7 Å². The van der Waals surface area contributed by atoms with Gasteiger partial charge in [0.15, 0.2) is 0 Å². The summed E-state index contributed by atoms with van der Waals surface area (Å²) in [4.78, 5) is 22.9. The second kappa shape index (κ2) is 7.99. The average molecular weight is 351 g/mol. The minimum absolute atomic E-state index is 0.0335. The van der Waals surface area contributed by atoms with Gasteiger partial charge in [0, 0.05) is 22.1 Å². The van der Waals surface area contributed by atoms with E-state index in [-0.39, 0.29) is 23.4 Å². The van der Waals surface area contributed by atoms with Crippen LogP contribution in [0.4, 0.5) is 5.69 Å². The van der Waals surface area contributed by atoms with Gasteiger partial charge in [-0.25, -0.2) is 0 Å². The van der Waals surface area contributed by atoms with Crippen molar-refractivity contribution in [1.29, 1.82) is 0 Å². The fourth-order valence-corrected chi connectivity index (χ4v) is 3.01. The molecule has 0 aromatic heterocycles. The van der Waals surface area contributed by atoms with Crippen molar-refractivity contribution in [2.45, 2.75) is 17.9 Å². The molecule has 0 bridgehead atoms. The third-order valence-corrected chi connectivity index (χ3v) is 4.52. The van der Waals surface area contributed by atoms with Crippen LogP contribution in [0.15, 0.2) is 53.4 Å². The number of non-ortho nitro benzene ring substituents is 1. The fraction of sp³-hybridized carbons (Fsp3) is 0.188. The molecule has 0 fully saturated rings. The third-order valence-electron chi connectivity index (χ3n) is 3.17. The van der Waals surface area contributed by atoms with Gasteiger partial charge >= 0.3 is 0 Å². The Balaban J connectivity index is 1.87. The molecule has 0 aliphatic rings. The van der Waals surface area contributed by atoms with Gasteiger partial charge in [0.2, 0.25) is 5.91 Å². The molecule has 0 spiro atoms. The van der Waals surface area contributed by atoms with Gasteiger partial charge in [0.25, 0.3) is 5.69 Å². The van der Waals surface area contributed by atoms with Crippen LogP contribution in [0.3, 0.4) is 0 Å². The molecule has 1 atom stereocenters. The zero-order chi connectivity index (χ0) is 16.8. The van der Waals surface area contributed by atoms with Crippen LogP contribution in [0.1, 0.15) is 18.5 Å². The van der Waals surface area contributed by atoms with Crippen molar-refractivity contribution < 1.29 is 9.72 Å². The average Bonchev–Trinajstić information content (AvgIpc) is 2.53. The molecule has 7 heteroatoms. The molecule has 23 heavy (non-hydrogen) atoms. The first kappa shape index (κ1) is 17.3. The van der Waals surface area contributed by atoms with Crippen LogP contribution in [0.5, 0.6) is 0 Å². The van der Waals surface area contributed by atoms with E-state index in [1.165, 1.54) is 23.9 Å². The normalized spacial score (nSPS) is 11.7. The van der Waals surface area contributed by atoms with Crippen LogP contribution >= 0.6 is 23.4 Å². The van der Waals surface area contributed by atoms with E-state index in [9.17, 15) is 14.9 Å². The first-order chi connectivity index (χ1) is 11.0. The Morgan fingerprint density at radius 1 is 1.26 bits per heavy atom. The SMILES string of the molecule is CC(NC(=O)CSc1ccc([N+](=O)[O-])cc1)c1ccccc1Cl. The summed E-state index contributed by atoms with van der Waals surface area (Å²) in [7, 11) is 0. The van der Waals surface area contributed by atoms with Gasteiger partial charge in [-0.15, -0.1) is 11.8 Å². The zero-order valence-electron chi connectivity index (χ0n) is 12.4. The number of carbonyl (C=O) groups is 1. The number of nitro groups is 1. The van der Waals surface area contributed by atoms with Crippen LogP contribution in [0.2, 0.25) is 5.02 Å². The van der Waals surface area contributed by atoms with Crippen LogP contribution in [-0.2, 0) is 4.79 Å². The summed E-state index contributed by atoms with van der Waals surface area (Å²) in [6, 6.07) is 13.3. The molecule has 2 aromatic rings. The van der Waals surface area contributed by atoms with Crippen molar-refractivity contribution in [2.24, 2.45) is 0 Å². The molecular weight excluding hydrogens is 336 g/mol. The number of hydrogen-bond acceptors (Lipinski definition) is 4. The Labute approximate surface area is 143 Å². The van der Waals surface area contributed by atoms with E-state index >= 15 is 0 Å². The topological polar surface area (TPSA) is 72.2 Å². The Morgan fingerprint density at radius 2 is 1.91 bits per heavy atom. The number of benzene rings is 2. The molecular formula is C16H15ClN2O3S. The molecule has 5 nitrogen and oxygen atoms in total. The van der Waals surface area contributed by atoms with Crippen molar-refractivity contribution in [3.63, 3.8) is 0 Å². The second-order valence-electron chi connectivity index (χ2n) is 4.85. The molecule has 2 rings (SSSR count). The van der Waals surface area contributed by atoms with Crippen molar-refractivity contribution in [2.75, 3.05) is 5.75 Å². The highest BCUT2D eigenvalue weighted by molar-refractivity contribution is 8.00. The number of halogens is 1.